The van der Waals surface area contributed by atoms with Gasteiger partial charge in [-0.15, -0.1) is 0 Å². The summed E-state index contributed by atoms with van der Waals surface area (Å²) in [6, 6.07) is 3.42. The van der Waals surface area contributed by atoms with E-state index in [1.165, 1.54) is 0 Å². The van der Waals surface area contributed by atoms with Gasteiger partial charge in [-0.2, -0.15) is 11.8 Å². The Morgan fingerprint density at radius 1 is 1.32 bits per heavy atom. The molecule has 1 N–H and O–H groups in total. The monoisotopic (exact) mass is 429 g/mol. The van der Waals surface area contributed by atoms with Crippen LogP contribution in [-0.4, -0.2) is 27.0 Å². The van der Waals surface area contributed by atoms with Crippen molar-refractivity contribution in [2.45, 2.75) is 18.7 Å². The molecule has 1 unspecified atom stereocenters. The number of rotatable bonds is 6. The van der Waals surface area contributed by atoms with Crippen molar-refractivity contribution in [3.05, 3.63) is 26.6 Å². The van der Waals surface area contributed by atoms with Gasteiger partial charge in [-0.1, -0.05) is 22.9 Å². The van der Waals surface area contributed by atoms with Gasteiger partial charge < -0.3 is 0 Å². The SMILES string of the molecule is CSCC(C)CNS(=O)(=O)c1cc(Br)c(C)cc1Br. The summed E-state index contributed by atoms with van der Waals surface area (Å²) >= 11 is 8.38. The molecule has 0 fully saturated rings. The molecule has 0 heterocycles. The Morgan fingerprint density at radius 2 is 1.95 bits per heavy atom. The molecule has 0 aliphatic heterocycles. The maximum Gasteiger partial charge on any atom is 0.241 e. The summed E-state index contributed by atoms with van der Waals surface area (Å²) in [4.78, 5) is 0.265. The van der Waals surface area contributed by atoms with E-state index in [0.29, 0.717) is 16.9 Å². The van der Waals surface area contributed by atoms with Gasteiger partial charge in [0.2, 0.25) is 10.0 Å². The number of hydrogen-bond acceptors (Lipinski definition) is 3. The standard InChI is InChI=1S/C12H17Br2NO2S2/c1-8(7-18-3)6-15-19(16,17)12-5-10(13)9(2)4-11(12)14/h4-5,8,15H,6-7H2,1-3H3. The number of nitrogens with one attached hydrogen (secondary N) is 1. The zero-order chi connectivity index (χ0) is 14.6. The highest BCUT2D eigenvalue weighted by Crippen LogP contribution is 2.28. The number of aryl methyl sites for hydroxylation is 1. The third kappa shape index (κ3) is 5.04. The highest BCUT2D eigenvalue weighted by Gasteiger charge is 2.19. The van der Waals surface area contributed by atoms with Crippen LogP contribution in [0.15, 0.2) is 26.0 Å². The van der Waals surface area contributed by atoms with Crippen LogP contribution in [0, 0.1) is 12.8 Å². The van der Waals surface area contributed by atoms with Crippen molar-refractivity contribution in [1.82, 2.24) is 4.72 Å². The van der Waals surface area contributed by atoms with Crippen molar-refractivity contribution < 1.29 is 8.42 Å². The van der Waals surface area contributed by atoms with Crippen LogP contribution in [0.25, 0.3) is 0 Å². The fourth-order valence-electron chi connectivity index (χ4n) is 1.51. The van der Waals surface area contributed by atoms with Crippen LogP contribution in [0.2, 0.25) is 0 Å². The van der Waals surface area contributed by atoms with Crippen LogP contribution in [0.3, 0.4) is 0 Å². The predicted molar refractivity (Wildman–Crippen MR) is 89.3 cm³/mol. The molecular weight excluding hydrogens is 414 g/mol. The summed E-state index contributed by atoms with van der Waals surface area (Å²) in [6.07, 6.45) is 2.01. The second kappa shape index (κ2) is 7.45. The van der Waals surface area contributed by atoms with E-state index in [0.717, 1.165) is 15.8 Å². The second-order valence-electron chi connectivity index (χ2n) is 4.44. The molecular formula is C12H17Br2NO2S2. The van der Waals surface area contributed by atoms with E-state index >= 15 is 0 Å². The molecule has 0 radical (unpaired) electrons. The molecule has 108 valence electrons. The van der Waals surface area contributed by atoms with E-state index in [4.69, 9.17) is 0 Å². The average molecular weight is 431 g/mol. The Hall–Kier alpha value is 0.440. The number of halogens is 2. The summed E-state index contributed by atoms with van der Waals surface area (Å²) in [5.41, 5.74) is 0.988. The highest BCUT2D eigenvalue weighted by molar-refractivity contribution is 9.11. The molecule has 1 aromatic carbocycles. The first kappa shape index (κ1) is 17.5. The number of benzene rings is 1. The minimum Gasteiger partial charge on any atom is -0.211 e. The molecule has 7 heteroatoms. The van der Waals surface area contributed by atoms with Crippen LogP contribution in [0.5, 0.6) is 0 Å². The van der Waals surface area contributed by atoms with Crippen molar-refractivity contribution in [1.29, 1.82) is 0 Å². The molecule has 0 saturated carbocycles. The van der Waals surface area contributed by atoms with Gasteiger partial charge in [-0.05, 0) is 58.5 Å². The van der Waals surface area contributed by atoms with Crippen molar-refractivity contribution in [3.63, 3.8) is 0 Å². The lowest BCUT2D eigenvalue weighted by Gasteiger charge is -2.13. The lowest BCUT2D eigenvalue weighted by atomic mass is 10.2. The molecule has 0 saturated heterocycles. The van der Waals surface area contributed by atoms with E-state index in [9.17, 15) is 8.42 Å². The van der Waals surface area contributed by atoms with E-state index in [2.05, 4.69) is 36.6 Å². The molecule has 0 spiro atoms. The molecule has 0 aliphatic carbocycles. The van der Waals surface area contributed by atoms with Crippen LogP contribution in [0.1, 0.15) is 12.5 Å². The Bertz CT molecular complexity index is 547. The van der Waals surface area contributed by atoms with Crippen LogP contribution >= 0.6 is 43.6 Å². The third-order valence-corrected chi connectivity index (χ3v) is 6.71. The first-order valence-electron chi connectivity index (χ1n) is 5.72. The van der Waals surface area contributed by atoms with E-state index in [1.54, 1.807) is 23.9 Å². The first-order valence-corrected chi connectivity index (χ1v) is 10.2. The van der Waals surface area contributed by atoms with E-state index in [-0.39, 0.29) is 4.90 Å². The number of sulfonamides is 1. The fourth-order valence-corrected chi connectivity index (χ4v) is 5.03. The van der Waals surface area contributed by atoms with Crippen molar-refractivity contribution in [3.8, 4) is 0 Å². The molecule has 3 nitrogen and oxygen atoms in total. The molecule has 0 aromatic heterocycles. The van der Waals surface area contributed by atoms with Crippen LogP contribution in [-0.2, 0) is 10.0 Å². The fraction of sp³-hybridized carbons (Fsp3) is 0.500. The first-order chi connectivity index (χ1) is 8.77. The molecule has 1 rings (SSSR count). The summed E-state index contributed by atoms with van der Waals surface area (Å²) in [5.74, 6) is 1.24. The van der Waals surface area contributed by atoms with Gasteiger partial charge in [0.15, 0.2) is 0 Å². The van der Waals surface area contributed by atoms with Gasteiger partial charge in [-0.3, -0.25) is 0 Å². The summed E-state index contributed by atoms with van der Waals surface area (Å²) in [7, 11) is -3.48. The van der Waals surface area contributed by atoms with Gasteiger partial charge in [0.1, 0.15) is 0 Å². The Balaban J connectivity index is 2.92. The topological polar surface area (TPSA) is 46.2 Å². The number of hydrogen-bond donors (Lipinski definition) is 1. The maximum absolute atomic E-state index is 12.3. The average Bonchev–Trinajstić information content (AvgIpc) is 2.31. The van der Waals surface area contributed by atoms with E-state index < -0.39 is 10.0 Å². The lowest BCUT2D eigenvalue weighted by molar-refractivity contribution is 0.562. The molecule has 1 aromatic rings. The normalized spacial score (nSPS) is 13.5. The van der Waals surface area contributed by atoms with E-state index in [1.807, 2.05) is 20.1 Å². The van der Waals surface area contributed by atoms with Crippen molar-refractivity contribution >= 4 is 53.6 Å². The van der Waals surface area contributed by atoms with Gasteiger partial charge >= 0.3 is 0 Å². The van der Waals surface area contributed by atoms with Crippen LogP contribution in [0.4, 0.5) is 0 Å². The van der Waals surface area contributed by atoms with Crippen molar-refractivity contribution in [2.24, 2.45) is 5.92 Å². The second-order valence-corrected chi connectivity index (χ2v) is 8.80. The number of thioether (sulfide) groups is 1. The minimum absolute atomic E-state index is 0.265. The maximum atomic E-state index is 12.3. The van der Waals surface area contributed by atoms with Crippen LogP contribution < -0.4 is 4.72 Å². The Kier molecular flexibility index (Phi) is 6.86. The quantitative estimate of drug-likeness (QED) is 0.746. The Labute approximate surface area is 136 Å². The molecule has 19 heavy (non-hydrogen) atoms. The predicted octanol–water partition coefficient (Wildman–Crippen LogP) is 3.80. The smallest absolute Gasteiger partial charge is 0.211 e. The Morgan fingerprint density at radius 3 is 2.53 bits per heavy atom. The highest BCUT2D eigenvalue weighted by atomic mass is 79.9. The van der Waals surface area contributed by atoms with Crippen molar-refractivity contribution in [2.75, 3.05) is 18.6 Å². The zero-order valence-electron chi connectivity index (χ0n) is 11.0. The van der Waals surface area contributed by atoms with Gasteiger partial charge in [-0.25, -0.2) is 13.1 Å². The largest absolute Gasteiger partial charge is 0.241 e. The van der Waals surface area contributed by atoms with Gasteiger partial charge in [0.25, 0.3) is 0 Å². The van der Waals surface area contributed by atoms with Gasteiger partial charge in [0.05, 0.1) is 4.90 Å². The summed E-state index contributed by atoms with van der Waals surface area (Å²) in [5, 5.41) is 0. The third-order valence-electron chi connectivity index (χ3n) is 2.58. The molecule has 1 atom stereocenters. The lowest BCUT2D eigenvalue weighted by Crippen LogP contribution is -2.29. The minimum atomic E-state index is -3.48. The zero-order valence-corrected chi connectivity index (χ0v) is 15.8. The molecule has 0 aliphatic rings. The van der Waals surface area contributed by atoms with Gasteiger partial charge in [0, 0.05) is 15.5 Å². The molecule has 0 bridgehead atoms. The summed E-state index contributed by atoms with van der Waals surface area (Å²) in [6.45, 7) is 4.39. The molecule has 0 amide bonds. The summed E-state index contributed by atoms with van der Waals surface area (Å²) < 4.78 is 28.5.